The van der Waals surface area contributed by atoms with Crippen LogP contribution in [0.5, 0.6) is 5.88 Å². The van der Waals surface area contributed by atoms with Gasteiger partial charge in [-0.2, -0.15) is 0 Å². The summed E-state index contributed by atoms with van der Waals surface area (Å²) in [5, 5.41) is 5.86. The van der Waals surface area contributed by atoms with E-state index in [1.165, 1.54) is 19.4 Å². The third-order valence-corrected chi connectivity index (χ3v) is 4.29. The van der Waals surface area contributed by atoms with Gasteiger partial charge in [0.2, 0.25) is 5.88 Å². The van der Waals surface area contributed by atoms with Crippen molar-refractivity contribution in [2.24, 2.45) is 5.92 Å². The summed E-state index contributed by atoms with van der Waals surface area (Å²) in [6.07, 6.45) is 4.07. The predicted octanol–water partition coefficient (Wildman–Crippen LogP) is 2.01. The van der Waals surface area contributed by atoms with E-state index in [4.69, 9.17) is 4.74 Å². The Labute approximate surface area is 138 Å². The highest BCUT2D eigenvalue weighted by molar-refractivity contribution is 5.73. The van der Waals surface area contributed by atoms with Crippen molar-refractivity contribution in [3.05, 3.63) is 23.9 Å². The normalized spacial score (nSPS) is 18.7. The van der Waals surface area contributed by atoms with Gasteiger partial charge in [0.1, 0.15) is 0 Å². The molecule has 0 saturated carbocycles. The molecule has 23 heavy (non-hydrogen) atoms. The second-order valence-electron chi connectivity index (χ2n) is 6.37. The first-order valence-corrected chi connectivity index (χ1v) is 8.33. The number of pyridine rings is 1. The van der Waals surface area contributed by atoms with E-state index < -0.39 is 0 Å². The third kappa shape index (κ3) is 5.71. The van der Waals surface area contributed by atoms with Crippen molar-refractivity contribution in [1.82, 2.24) is 20.5 Å². The third-order valence-electron chi connectivity index (χ3n) is 4.29. The molecule has 1 fully saturated rings. The molecule has 0 radical (unpaired) electrons. The van der Waals surface area contributed by atoms with E-state index >= 15 is 0 Å². The van der Waals surface area contributed by atoms with Crippen LogP contribution in [0.4, 0.5) is 4.79 Å². The SMILES string of the molecule is COc1cc(CNC(=O)NC[C@H]2CCCN(C(C)C)C2)ccn1. The van der Waals surface area contributed by atoms with Crippen LogP contribution >= 0.6 is 0 Å². The molecule has 2 N–H and O–H groups in total. The largest absolute Gasteiger partial charge is 0.481 e. The number of carbonyl (C=O) groups excluding carboxylic acids is 1. The number of carbonyl (C=O) groups is 1. The van der Waals surface area contributed by atoms with Crippen LogP contribution in [-0.2, 0) is 6.54 Å². The lowest BCUT2D eigenvalue weighted by Gasteiger charge is -2.35. The van der Waals surface area contributed by atoms with Gasteiger partial charge < -0.3 is 20.3 Å². The minimum Gasteiger partial charge on any atom is -0.481 e. The lowest BCUT2D eigenvalue weighted by molar-refractivity contribution is 0.139. The first-order valence-electron chi connectivity index (χ1n) is 8.33. The molecular weight excluding hydrogens is 292 g/mol. The highest BCUT2D eigenvalue weighted by Crippen LogP contribution is 2.17. The number of aromatic nitrogens is 1. The monoisotopic (exact) mass is 320 g/mol. The summed E-state index contributed by atoms with van der Waals surface area (Å²) in [5.74, 6) is 1.10. The Morgan fingerprint density at radius 3 is 3.04 bits per heavy atom. The molecule has 1 aromatic rings. The summed E-state index contributed by atoms with van der Waals surface area (Å²) in [6, 6.07) is 4.14. The first kappa shape index (κ1) is 17.5. The summed E-state index contributed by atoms with van der Waals surface area (Å²) in [4.78, 5) is 18.5. The number of nitrogens with zero attached hydrogens (tertiary/aromatic N) is 2. The fraction of sp³-hybridized carbons (Fsp3) is 0.647. The van der Waals surface area contributed by atoms with Gasteiger partial charge in [0.05, 0.1) is 7.11 Å². The fourth-order valence-corrected chi connectivity index (χ4v) is 2.89. The Morgan fingerprint density at radius 1 is 1.48 bits per heavy atom. The number of likely N-dealkylation sites (tertiary alicyclic amines) is 1. The van der Waals surface area contributed by atoms with Gasteiger partial charge in [-0.25, -0.2) is 9.78 Å². The standard InChI is InChI=1S/C17H28N4O2/c1-13(2)21-8-4-5-15(12-21)11-20-17(22)19-10-14-6-7-18-16(9-14)23-3/h6-7,9,13,15H,4-5,8,10-12H2,1-3H3,(H2,19,20,22)/t15-/m1/s1. The summed E-state index contributed by atoms with van der Waals surface area (Å²) in [5.41, 5.74) is 0.968. The lowest BCUT2D eigenvalue weighted by atomic mass is 9.97. The maximum atomic E-state index is 11.9. The van der Waals surface area contributed by atoms with Gasteiger partial charge in [0.25, 0.3) is 0 Å². The van der Waals surface area contributed by atoms with Gasteiger partial charge >= 0.3 is 6.03 Å². The van der Waals surface area contributed by atoms with Crippen LogP contribution < -0.4 is 15.4 Å². The number of rotatable bonds is 6. The number of methoxy groups -OCH3 is 1. The molecule has 2 amide bonds. The van der Waals surface area contributed by atoms with E-state index in [0.29, 0.717) is 24.4 Å². The molecule has 1 aromatic heterocycles. The van der Waals surface area contributed by atoms with Crippen LogP contribution in [0.25, 0.3) is 0 Å². The zero-order valence-corrected chi connectivity index (χ0v) is 14.3. The molecule has 1 aliphatic rings. The molecule has 6 heteroatoms. The van der Waals surface area contributed by atoms with Gasteiger partial charge in [0.15, 0.2) is 0 Å². The van der Waals surface area contributed by atoms with Crippen molar-refractivity contribution in [1.29, 1.82) is 0 Å². The molecule has 2 rings (SSSR count). The molecule has 0 aliphatic carbocycles. The molecule has 1 aliphatic heterocycles. The van der Waals surface area contributed by atoms with E-state index in [-0.39, 0.29) is 6.03 Å². The fourth-order valence-electron chi connectivity index (χ4n) is 2.89. The van der Waals surface area contributed by atoms with Crippen LogP contribution in [0.15, 0.2) is 18.3 Å². The summed E-state index contributed by atoms with van der Waals surface area (Å²) >= 11 is 0. The first-order chi connectivity index (χ1) is 11.1. The molecule has 0 aromatic carbocycles. The summed E-state index contributed by atoms with van der Waals surface area (Å²) in [7, 11) is 1.58. The van der Waals surface area contributed by atoms with Crippen LogP contribution in [0.3, 0.4) is 0 Å². The Hall–Kier alpha value is -1.82. The second-order valence-corrected chi connectivity index (χ2v) is 6.37. The van der Waals surface area contributed by atoms with Gasteiger partial charge in [-0.15, -0.1) is 0 Å². The number of urea groups is 1. The Kier molecular flexibility index (Phi) is 6.65. The molecular formula is C17H28N4O2. The smallest absolute Gasteiger partial charge is 0.315 e. The van der Waals surface area contributed by atoms with Gasteiger partial charge in [-0.05, 0) is 50.8 Å². The maximum absolute atomic E-state index is 11.9. The second kappa shape index (κ2) is 8.72. The maximum Gasteiger partial charge on any atom is 0.315 e. The molecule has 1 atom stereocenters. The van der Waals surface area contributed by atoms with Gasteiger partial charge in [-0.3, -0.25) is 0 Å². The predicted molar refractivity (Wildman–Crippen MR) is 90.5 cm³/mol. The van der Waals surface area contributed by atoms with Crippen LogP contribution in [-0.4, -0.2) is 48.7 Å². The van der Waals surface area contributed by atoms with Crippen molar-refractivity contribution in [2.45, 2.75) is 39.3 Å². The van der Waals surface area contributed by atoms with Crippen LogP contribution in [0.1, 0.15) is 32.3 Å². The molecule has 128 valence electrons. The molecule has 1 saturated heterocycles. The Balaban J connectivity index is 1.70. The van der Waals surface area contributed by atoms with Crippen molar-refractivity contribution in [2.75, 3.05) is 26.7 Å². The summed E-state index contributed by atoms with van der Waals surface area (Å²) in [6.45, 7) is 7.89. The summed E-state index contributed by atoms with van der Waals surface area (Å²) < 4.78 is 5.07. The minimum atomic E-state index is -0.123. The quantitative estimate of drug-likeness (QED) is 0.841. The Bertz CT molecular complexity index is 507. The van der Waals surface area contributed by atoms with E-state index in [1.807, 2.05) is 12.1 Å². The van der Waals surface area contributed by atoms with Gasteiger partial charge in [0, 0.05) is 37.9 Å². The highest BCUT2D eigenvalue weighted by atomic mass is 16.5. The Morgan fingerprint density at radius 2 is 2.30 bits per heavy atom. The van der Waals surface area contributed by atoms with Crippen LogP contribution in [0, 0.1) is 5.92 Å². The highest BCUT2D eigenvalue weighted by Gasteiger charge is 2.21. The average Bonchev–Trinajstić information content (AvgIpc) is 2.58. The van der Waals surface area contributed by atoms with Crippen molar-refractivity contribution >= 4 is 6.03 Å². The molecule has 0 bridgehead atoms. The van der Waals surface area contributed by atoms with E-state index in [2.05, 4.69) is 34.4 Å². The van der Waals surface area contributed by atoms with E-state index in [1.54, 1.807) is 13.3 Å². The number of hydrogen-bond donors (Lipinski definition) is 2. The topological polar surface area (TPSA) is 66.5 Å². The molecule has 0 unspecified atom stereocenters. The zero-order valence-electron chi connectivity index (χ0n) is 14.3. The van der Waals surface area contributed by atoms with Gasteiger partial charge in [-0.1, -0.05) is 0 Å². The zero-order chi connectivity index (χ0) is 16.7. The van der Waals surface area contributed by atoms with Crippen molar-refractivity contribution in [3.63, 3.8) is 0 Å². The number of piperidine rings is 1. The minimum absolute atomic E-state index is 0.123. The molecule has 2 heterocycles. The van der Waals surface area contributed by atoms with E-state index in [9.17, 15) is 4.79 Å². The molecule has 0 spiro atoms. The number of hydrogen-bond acceptors (Lipinski definition) is 4. The number of nitrogens with one attached hydrogen (secondary N) is 2. The average molecular weight is 320 g/mol. The van der Waals surface area contributed by atoms with Crippen molar-refractivity contribution < 1.29 is 9.53 Å². The van der Waals surface area contributed by atoms with Crippen molar-refractivity contribution in [3.8, 4) is 5.88 Å². The van der Waals surface area contributed by atoms with Crippen LogP contribution in [0.2, 0.25) is 0 Å². The number of ether oxygens (including phenoxy) is 1. The number of amides is 2. The van der Waals surface area contributed by atoms with E-state index in [0.717, 1.165) is 18.7 Å². The lowest BCUT2D eigenvalue weighted by Crippen LogP contribution is -2.45. The molecule has 6 nitrogen and oxygen atoms in total.